The van der Waals surface area contributed by atoms with E-state index in [1.165, 1.54) is 122 Å². The zero-order chi connectivity index (χ0) is 15.4. The van der Waals surface area contributed by atoms with Crippen molar-refractivity contribution in [1.29, 1.82) is 0 Å². The highest BCUT2D eigenvalue weighted by Gasteiger charge is 1.94. The standard InChI is InChI=1S/C20H42P/c1-2-3-4-5-6-7-8-9-10-11-12-13-14-15-16-17-18-19-20-21/h21H,2-20H2,1H3. The lowest BCUT2D eigenvalue weighted by Gasteiger charge is -2.03. The zero-order valence-corrected chi connectivity index (χ0v) is 15.9. The quantitative estimate of drug-likeness (QED) is 0.177. The summed E-state index contributed by atoms with van der Waals surface area (Å²) in [6.45, 7) is 2.30. The molecular formula is C20H42P. The molecule has 0 rings (SSSR count). The number of rotatable bonds is 18. The molecule has 0 amide bonds. The van der Waals surface area contributed by atoms with Crippen LogP contribution >= 0.6 is 9.24 Å². The summed E-state index contributed by atoms with van der Waals surface area (Å²) >= 11 is 0. The van der Waals surface area contributed by atoms with E-state index >= 15 is 0 Å². The first-order valence-electron chi connectivity index (χ1n) is 10.1. The van der Waals surface area contributed by atoms with Gasteiger partial charge in [0.15, 0.2) is 0 Å². The second-order valence-electron chi connectivity index (χ2n) is 6.76. The van der Waals surface area contributed by atoms with E-state index in [4.69, 9.17) is 0 Å². The first-order chi connectivity index (χ1) is 10.4. The van der Waals surface area contributed by atoms with Crippen molar-refractivity contribution in [2.24, 2.45) is 0 Å². The molecule has 0 nitrogen and oxygen atoms in total. The van der Waals surface area contributed by atoms with Gasteiger partial charge in [-0.2, -0.15) is 0 Å². The van der Waals surface area contributed by atoms with E-state index in [0.29, 0.717) is 0 Å². The molecule has 0 heterocycles. The van der Waals surface area contributed by atoms with E-state index in [9.17, 15) is 0 Å². The molecule has 0 aromatic carbocycles. The lowest BCUT2D eigenvalue weighted by molar-refractivity contribution is 0.526. The molecule has 1 heteroatoms. The first-order valence-corrected chi connectivity index (χ1v) is 10.8. The average Bonchev–Trinajstić information content (AvgIpc) is 2.50. The summed E-state index contributed by atoms with van der Waals surface area (Å²) in [4.78, 5) is 0. The zero-order valence-electron chi connectivity index (χ0n) is 14.9. The van der Waals surface area contributed by atoms with E-state index in [2.05, 4.69) is 16.2 Å². The third-order valence-corrected chi connectivity index (χ3v) is 4.88. The molecule has 127 valence electrons. The van der Waals surface area contributed by atoms with Crippen LogP contribution in [0.15, 0.2) is 0 Å². The molecule has 0 fully saturated rings. The fourth-order valence-corrected chi connectivity index (χ4v) is 3.28. The molecule has 0 N–H and O–H groups in total. The predicted molar refractivity (Wildman–Crippen MR) is 102 cm³/mol. The number of unbranched alkanes of at least 4 members (excludes halogenated alkanes) is 17. The molecule has 0 saturated carbocycles. The van der Waals surface area contributed by atoms with Crippen LogP contribution in [0.2, 0.25) is 0 Å². The molecule has 0 spiro atoms. The van der Waals surface area contributed by atoms with Gasteiger partial charge in [0.1, 0.15) is 0 Å². The molecule has 0 unspecified atom stereocenters. The molecule has 1 radical (unpaired) electrons. The summed E-state index contributed by atoms with van der Waals surface area (Å²) in [6.07, 6.45) is 27.4. The minimum absolute atomic E-state index is 1.18. The molecule has 0 atom stereocenters. The lowest BCUT2D eigenvalue weighted by Crippen LogP contribution is -1.84. The van der Waals surface area contributed by atoms with Gasteiger partial charge >= 0.3 is 0 Å². The van der Waals surface area contributed by atoms with Gasteiger partial charge in [0.05, 0.1) is 0 Å². The summed E-state index contributed by atoms with van der Waals surface area (Å²) in [6, 6.07) is 0. The number of hydrogen-bond acceptors (Lipinski definition) is 0. The van der Waals surface area contributed by atoms with Crippen molar-refractivity contribution in [2.45, 2.75) is 122 Å². The molecule has 0 bridgehead atoms. The van der Waals surface area contributed by atoms with Crippen LogP contribution in [-0.4, -0.2) is 6.16 Å². The molecule has 0 aromatic rings. The Hall–Kier alpha value is 0.430. The van der Waals surface area contributed by atoms with Gasteiger partial charge in [-0.3, -0.25) is 0 Å². The smallest absolute Gasteiger partial charge is 0.0317 e. The molecule has 0 aromatic heterocycles. The minimum atomic E-state index is 1.18. The Morgan fingerprint density at radius 3 is 0.857 bits per heavy atom. The molecular weight excluding hydrogens is 271 g/mol. The van der Waals surface area contributed by atoms with Crippen molar-refractivity contribution in [3.05, 3.63) is 0 Å². The Morgan fingerprint density at radius 2 is 0.619 bits per heavy atom. The van der Waals surface area contributed by atoms with Crippen LogP contribution in [0.1, 0.15) is 122 Å². The van der Waals surface area contributed by atoms with E-state index in [1.807, 2.05) is 0 Å². The van der Waals surface area contributed by atoms with Crippen LogP contribution in [0.5, 0.6) is 0 Å². The predicted octanol–water partition coefficient (Wildman–Crippen LogP) is 8.17. The highest BCUT2D eigenvalue weighted by Crippen LogP contribution is 2.14. The summed E-state index contributed by atoms with van der Waals surface area (Å²) < 4.78 is 0. The van der Waals surface area contributed by atoms with Crippen LogP contribution in [0.25, 0.3) is 0 Å². The van der Waals surface area contributed by atoms with Crippen molar-refractivity contribution < 1.29 is 0 Å². The van der Waals surface area contributed by atoms with Gasteiger partial charge in [-0.05, 0) is 12.6 Å². The lowest BCUT2D eigenvalue weighted by atomic mass is 10.0. The Kier molecular flexibility index (Phi) is 20.8. The van der Waals surface area contributed by atoms with E-state index < -0.39 is 0 Å². The van der Waals surface area contributed by atoms with E-state index in [0.717, 1.165) is 0 Å². The van der Waals surface area contributed by atoms with E-state index in [-0.39, 0.29) is 0 Å². The average molecular weight is 314 g/mol. The van der Waals surface area contributed by atoms with Gasteiger partial charge in [0.25, 0.3) is 0 Å². The van der Waals surface area contributed by atoms with E-state index in [1.54, 1.807) is 0 Å². The fraction of sp³-hybridized carbons (Fsp3) is 1.00. The molecule has 0 aliphatic carbocycles. The Bertz CT molecular complexity index is 149. The molecule has 0 aliphatic rings. The van der Waals surface area contributed by atoms with Crippen molar-refractivity contribution in [3.8, 4) is 0 Å². The second kappa shape index (κ2) is 20.4. The molecule has 21 heavy (non-hydrogen) atoms. The van der Waals surface area contributed by atoms with Crippen molar-refractivity contribution in [1.82, 2.24) is 0 Å². The van der Waals surface area contributed by atoms with Crippen LogP contribution in [0.3, 0.4) is 0 Å². The monoisotopic (exact) mass is 313 g/mol. The van der Waals surface area contributed by atoms with Crippen LogP contribution in [0, 0.1) is 0 Å². The summed E-state index contributed by atoms with van der Waals surface area (Å²) in [7, 11) is 3.54. The number of hydrogen-bond donors (Lipinski definition) is 0. The Balaban J connectivity index is 2.90. The largest absolute Gasteiger partial charge is 0.0992 e. The van der Waals surface area contributed by atoms with Crippen LogP contribution in [0.4, 0.5) is 0 Å². The molecule has 0 saturated heterocycles. The maximum atomic E-state index is 3.54. The Labute approximate surface area is 138 Å². The summed E-state index contributed by atoms with van der Waals surface area (Å²) in [5.74, 6) is 0. The van der Waals surface area contributed by atoms with Gasteiger partial charge < -0.3 is 0 Å². The third-order valence-electron chi connectivity index (χ3n) is 4.53. The van der Waals surface area contributed by atoms with Crippen molar-refractivity contribution in [2.75, 3.05) is 6.16 Å². The normalized spacial score (nSPS) is 11.1. The molecule has 0 aliphatic heterocycles. The van der Waals surface area contributed by atoms with Crippen LogP contribution < -0.4 is 0 Å². The van der Waals surface area contributed by atoms with Gasteiger partial charge in [0, 0.05) is 0 Å². The fourth-order valence-electron chi connectivity index (χ4n) is 3.03. The topological polar surface area (TPSA) is 0 Å². The van der Waals surface area contributed by atoms with Gasteiger partial charge in [-0.25, -0.2) is 0 Å². The minimum Gasteiger partial charge on any atom is -0.0992 e. The maximum Gasteiger partial charge on any atom is -0.0317 e. The Morgan fingerprint density at radius 1 is 0.381 bits per heavy atom. The van der Waals surface area contributed by atoms with Gasteiger partial charge in [-0.1, -0.05) is 125 Å². The summed E-state index contributed by atoms with van der Waals surface area (Å²) in [5, 5.41) is 0. The first kappa shape index (κ1) is 21.4. The SMILES string of the molecule is CCCCCCCCCCCCCCCCCCCC[PH]. The van der Waals surface area contributed by atoms with Gasteiger partial charge in [0.2, 0.25) is 0 Å². The second-order valence-corrected chi connectivity index (χ2v) is 7.26. The van der Waals surface area contributed by atoms with Gasteiger partial charge in [-0.15, -0.1) is 0 Å². The summed E-state index contributed by atoms with van der Waals surface area (Å²) in [5.41, 5.74) is 0. The highest BCUT2D eigenvalue weighted by molar-refractivity contribution is 7.16. The highest BCUT2D eigenvalue weighted by atomic mass is 31.0. The third kappa shape index (κ3) is 20.4. The van der Waals surface area contributed by atoms with Crippen molar-refractivity contribution in [3.63, 3.8) is 0 Å². The van der Waals surface area contributed by atoms with Crippen molar-refractivity contribution >= 4 is 9.24 Å². The maximum absolute atomic E-state index is 3.54. The van der Waals surface area contributed by atoms with Crippen LogP contribution in [-0.2, 0) is 0 Å².